The number of para-hydroxylation sites is 2. The molecule has 3 heterocycles. The molecule has 0 aliphatic carbocycles. The smallest absolute Gasteiger partial charge is 0.290 e. The molecule has 1 saturated heterocycles. The molecule has 9 nitrogen and oxygen atoms in total. The van der Waals surface area contributed by atoms with Gasteiger partial charge in [0, 0.05) is 52.9 Å². The third-order valence-electron chi connectivity index (χ3n) is 6.31. The van der Waals surface area contributed by atoms with E-state index in [1.807, 2.05) is 29.2 Å². The van der Waals surface area contributed by atoms with E-state index >= 15 is 0 Å². The Morgan fingerprint density at radius 1 is 1.26 bits per heavy atom. The van der Waals surface area contributed by atoms with Gasteiger partial charge in [0.25, 0.3) is 5.91 Å². The van der Waals surface area contributed by atoms with Gasteiger partial charge >= 0.3 is 0 Å². The minimum absolute atomic E-state index is 0.0163. The fourth-order valence-electron chi connectivity index (χ4n) is 4.72. The predicted molar refractivity (Wildman–Crippen MR) is 130 cm³/mol. The zero-order chi connectivity index (χ0) is 24.1. The highest BCUT2D eigenvalue weighted by atomic mass is 16.5. The van der Waals surface area contributed by atoms with Crippen LogP contribution in [0.3, 0.4) is 0 Å². The van der Waals surface area contributed by atoms with Gasteiger partial charge in [0.2, 0.25) is 11.8 Å². The molecular formula is C25H36N6O3. The first kappa shape index (κ1) is 24.3. The van der Waals surface area contributed by atoms with Crippen LogP contribution in [0.25, 0.3) is 11.0 Å². The van der Waals surface area contributed by atoms with E-state index in [2.05, 4.69) is 33.9 Å². The van der Waals surface area contributed by atoms with E-state index in [1.165, 1.54) is 0 Å². The van der Waals surface area contributed by atoms with E-state index in [1.54, 1.807) is 14.0 Å². The van der Waals surface area contributed by atoms with Crippen molar-refractivity contribution in [1.29, 1.82) is 0 Å². The number of aromatic nitrogens is 4. The SMILES string of the molecule is COCCCCn1c(C(=O)N(CC(C)C)[C@@H]2CNC[C@H](c3nnc(C)o3)C2)nc2ccccc21. The zero-order valence-corrected chi connectivity index (χ0v) is 20.7. The lowest BCUT2D eigenvalue weighted by Gasteiger charge is -2.38. The molecule has 0 spiro atoms. The van der Waals surface area contributed by atoms with Gasteiger partial charge in [-0.2, -0.15) is 0 Å². The molecule has 1 N–H and O–H groups in total. The van der Waals surface area contributed by atoms with Crippen LogP contribution in [0.2, 0.25) is 0 Å². The van der Waals surface area contributed by atoms with Crippen molar-refractivity contribution in [3.05, 3.63) is 41.9 Å². The van der Waals surface area contributed by atoms with Crippen LogP contribution in [0.5, 0.6) is 0 Å². The van der Waals surface area contributed by atoms with E-state index in [-0.39, 0.29) is 17.9 Å². The van der Waals surface area contributed by atoms with Crippen LogP contribution >= 0.6 is 0 Å². The van der Waals surface area contributed by atoms with E-state index < -0.39 is 0 Å². The number of nitrogens with one attached hydrogen (secondary N) is 1. The molecule has 3 aromatic rings. The normalized spacial score (nSPS) is 18.6. The Morgan fingerprint density at radius 2 is 2.09 bits per heavy atom. The number of hydrogen-bond donors (Lipinski definition) is 1. The van der Waals surface area contributed by atoms with Gasteiger partial charge in [0.1, 0.15) is 0 Å². The molecule has 2 aromatic heterocycles. The minimum atomic E-state index is -0.0224. The lowest BCUT2D eigenvalue weighted by atomic mass is 9.94. The second-order valence-corrected chi connectivity index (χ2v) is 9.53. The number of piperidine rings is 1. The summed E-state index contributed by atoms with van der Waals surface area (Å²) in [5.74, 6) is 2.09. The van der Waals surface area contributed by atoms with Gasteiger partial charge in [-0.3, -0.25) is 4.79 Å². The van der Waals surface area contributed by atoms with Crippen molar-refractivity contribution in [2.75, 3.05) is 33.4 Å². The number of benzene rings is 1. The first-order valence-corrected chi connectivity index (χ1v) is 12.2. The van der Waals surface area contributed by atoms with Crippen molar-refractivity contribution >= 4 is 16.9 Å². The van der Waals surface area contributed by atoms with Crippen molar-refractivity contribution in [3.63, 3.8) is 0 Å². The maximum atomic E-state index is 14.0. The van der Waals surface area contributed by atoms with Crippen LogP contribution in [0.4, 0.5) is 0 Å². The number of unbranched alkanes of at least 4 members (excludes halogenated alkanes) is 1. The molecule has 2 atom stereocenters. The Hall–Kier alpha value is -2.78. The van der Waals surface area contributed by atoms with Gasteiger partial charge < -0.3 is 23.9 Å². The third-order valence-corrected chi connectivity index (χ3v) is 6.31. The Morgan fingerprint density at radius 3 is 2.82 bits per heavy atom. The van der Waals surface area contributed by atoms with Crippen LogP contribution in [-0.2, 0) is 11.3 Å². The molecule has 34 heavy (non-hydrogen) atoms. The van der Waals surface area contributed by atoms with Crippen molar-refractivity contribution < 1.29 is 13.9 Å². The van der Waals surface area contributed by atoms with Gasteiger partial charge in [0.15, 0.2) is 5.82 Å². The zero-order valence-electron chi connectivity index (χ0n) is 20.7. The number of aryl methyl sites for hydroxylation is 2. The predicted octanol–water partition coefficient (Wildman–Crippen LogP) is 3.40. The van der Waals surface area contributed by atoms with E-state index in [0.29, 0.717) is 36.7 Å². The largest absolute Gasteiger partial charge is 0.425 e. The molecule has 1 aliphatic heterocycles. The monoisotopic (exact) mass is 468 g/mol. The lowest BCUT2D eigenvalue weighted by molar-refractivity contribution is 0.0586. The van der Waals surface area contributed by atoms with Gasteiger partial charge in [-0.1, -0.05) is 26.0 Å². The molecule has 0 saturated carbocycles. The summed E-state index contributed by atoms with van der Waals surface area (Å²) >= 11 is 0. The standard InChI is InChI=1S/C25H36N6O3/c1-17(2)16-31(20-13-19(14-26-15-20)24-29-28-18(3)34-24)25(32)23-27-21-9-5-6-10-22(21)30(23)11-7-8-12-33-4/h5-6,9-10,17,19-20,26H,7-8,11-16H2,1-4H3/t19-,20+/m1/s1. The summed E-state index contributed by atoms with van der Waals surface area (Å²) in [5.41, 5.74) is 1.84. The fraction of sp³-hybridized carbons (Fsp3) is 0.600. The number of carbonyl (C=O) groups is 1. The first-order valence-electron chi connectivity index (χ1n) is 12.2. The summed E-state index contributed by atoms with van der Waals surface area (Å²) in [5, 5.41) is 11.7. The maximum Gasteiger partial charge on any atom is 0.290 e. The van der Waals surface area contributed by atoms with Crippen molar-refractivity contribution in [3.8, 4) is 0 Å². The molecule has 1 aromatic carbocycles. The van der Waals surface area contributed by atoms with E-state index in [0.717, 1.165) is 49.9 Å². The average molecular weight is 469 g/mol. The molecule has 9 heteroatoms. The number of ether oxygens (including phenoxy) is 1. The van der Waals surface area contributed by atoms with Crippen LogP contribution in [0.1, 0.15) is 61.4 Å². The molecule has 1 amide bonds. The molecule has 4 rings (SSSR count). The number of fused-ring (bicyclic) bond motifs is 1. The summed E-state index contributed by atoms with van der Waals surface area (Å²) in [6, 6.07) is 7.99. The first-order chi connectivity index (χ1) is 16.5. The minimum Gasteiger partial charge on any atom is -0.425 e. The number of amides is 1. The number of methoxy groups -OCH3 is 1. The van der Waals surface area contributed by atoms with Crippen molar-refractivity contribution in [1.82, 2.24) is 30.0 Å². The maximum absolute atomic E-state index is 14.0. The van der Waals surface area contributed by atoms with Crippen molar-refractivity contribution in [2.24, 2.45) is 5.92 Å². The number of hydrogen-bond acceptors (Lipinski definition) is 7. The second kappa shape index (κ2) is 11.1. The van der Waals surface area contributed by atoms with Crippen LogP contribution in [-0.4, -0.2) is 69.9 Å². The second-order valence-electron chi connectivity index (χ2n) is 9.53. The van der Waals surface area contributed by atoms with Gasteiger partial charge in [0.05, 0.1) is 17.0 Å². The van der Waals surface area contributed by atoms with Crippen LogP contribution in [0.15, 0.2) is 28.7 Å². The molecular weight excluding hydrogens is 432 g/mol. The van der Waals surface area contributed by atoms with Gasteiger partial charge in [-0.15, -0.1) is 10.2 Å². The fourth-order valence-corrected chi connectivity index (χ4v) is 4.72. The Bertz CT molecular complexity index is 1090. The molecule has 0 radical (unpaired) electrons. The van der Waals surface area contributed by atoms with Gasteiger partial charge in [-0.05, 0) is 37.3 Å². The lowest BCUT2D eigenvalue weighted by Crippen LogP contribution is -2.52. The van der Waals surface area contributed by atoms with E-state index in [4.69, 9.17) is 14.1 Å². The molecule has 184 valence electrons. The van der Waals surface area contributed by atoms with Crippen molar-refractivity contribution in [2.45, 2.75) is 58.5 Å². The molecule has 1 aliphatic rings. The number of imidazole rings is 1. The number of rotatable bonds is 10. The number of carbonyl (C=O) groups excluding carboxylic acids is 1. The molecule has 0 bridgehead atoms. The summed E-state index contributed by atoms with van der Waals surface area (Å²) in [4.78, 5) is 20.8. The Kier molecular flexibility index (Phi) is 7.95. The Balaban J connectivity index is 1.62. The average Bonchev–Trinajstić information content (AvgIpc) is 3.43. The third kappa shape index (κ3) is 5.47. The summed E-state index contributed by atoms with van der Waals surface area (Å²) in [7, 11) is 1.71. The quantitative estimate of drug-likeness (QED) is 0.455. The highest BCUT2D eigenvalue weighted by molar-refractivity contribution is 5.95. The topological polar surface area (TPSA) is 98.3 Å². The summed E-state index contributed by atoms with van der Waals surface area (Å²) < 4.78 is 13.0. The summed E-state index contributed by atoms with van der Waals surface area (Å²) in [6.45, 7) is 9.68. The number of nitrogens with zero attached hydrogens (tertiary/aromatic N) is 5. The van der Waals surface area contributed by atoms with Crippen LogP contribution in [0, 0.1) is 12.8 Å². The Labute approximate surface area is 200 Å². The highest BCUT2D eigenvalue weighted by Gasteiger charge is 2.35. The van der Waals surface area contributed by atoms with E-state index in [9.17, 15) is 4.79 Å². The molecule has 0 unspecified atom stereocenters. The highest BCUT2D eigenvalue weighted by Crippen LogP contribution is 2.27. The van der Waals surface area contributed by atoms with Crippen LogP contribution < -0.4 is 5.32 Å². The van der Waals surface area contributed by atoms with Gasteiger partial charge in [-0.25, -0.2) is 4.98 Å². The summed E-state index contributed by atoms with van der Waals surface area (Å²) in [6.07, 6.45) is 2.63. The molecule has 1 fully saturated rings.